The summed E-state index contributed by atoms with van der Waals surface area (Å²) >= 11 is 1.05. The predicted octanol–water partition coefficient (Wildman–Crippen LogP) is 4.62. The van der Waals surface area contributed by atoms with E-state index in [1.165, 1.54) is 31.2 Å². The number of halogens is 3. The van der Waals surface area contributed by atoms with Crippen LogP contribution < -0.4 is 10.6 Å². The Kier molecular flexibility index (Phi) is 6.36. The summed E-state index contributed by atoms with van der Waals surface area (Å²) in [6.07, 6.45) is -4.18. The highest BCUT2D eigenvalue weighted by Gasteiger charge is 2.35. The molecule has 0 saturated heterocycles. The minimum absolute atomic E-state index is 0.109. The first-order valence-electron chi connectivity index (χ1n) is 8.66. The number of rotatable bonds is 6. The van der Waals surface area contributed by atoms with Crippen LogP contribution in [-0.4, -0.2) is 23.0 Å². The molecule has 0 aliphatic heterocycles. The van der Waals surface area contributed by atoms with Crippen LogP contribution >= 0.6 is 11.3 Å². The standard InChI is InChI=1S/C20H16F3N3O3S/c1-12(27)24-10-14-7-8-17(29-14)16-11-30-19(25-16)26-18(28)9-15(20(21,22)23)13-5-3-2-4-6-13/h2-9,11H,10H2,1H3,(H,24,27)(H,25,26,28)/b15-9-. The normalized spacial score (nSPS) is 11.9. The number of anilines is 1. The summed E-state index contributed by atoms with van der Waals surface area (Å²) in [4.78, 5) is 27.3. The number of benzene rings is 1. The Morgan fingerprint density at radius 2 is 1.90 bits per heavy atom. The van der Waals surface area contributed by atoms with Gasteiger partial charge < -0.3 is 9.73 Å². The highest BCUT2D eigenvalue weighted by molar-refractivity contribution is 7.14. The second-order valence-electron chi connectivity index (χ2n) is 6.12. The second kappa shape index (κ2) is 8.95. The third-order valence-electron chi connectivity index (χ3n) is 3.83. The molecule has 156 valence electrons. The van der Waals surface area contributed by atoms with Gasteiger partial charge in [-0.3, -0.25) is 14.9 Å². The van der Waals surface area contributed by atoms with E-state index in [0.717, 1.165) is 11.3 Å². The van der Waals surface area contributed by atoms with Crippen LogP contribution in [0.1, 0.15) is 18.2 Å². The van der Waals surface area contributed by atoms with E-state index in [1.54, 1.807) is 23.6 Å². The monoisotopic (exact) mass is 435 g/mol. The number of carbonyl (C=O) groups excluding carboxylic acids is 2. The summed E-state index contributed by atoms with van der Waals surface area (Å²) < 4.78 is 45.6. The number of hydrogen-bond donors (Lipinski definition) is 2. The summed E-state index contributed by atoms with van der Waals surface area (Å²) in [5, 5.41) is 6.67. The number of alkyl halides is 3. The van der Waals surface area contributed by atoms with Crippen LogP contribution in [0.2, 0.25) is 0 Å². The highest BCUT2D eigenvalue weighted by Crippen LogP contribution is 2.34. The Morgan fingerprint density at radius 3 is 2.57 bits per heavy atom. The summed E-state index contributed by atoms with van der Waals surface area (Å²) in [5.74, 6) is -0.228. The molecule has 2 aromatic heterocycles. The van der Waals surface area contributed by atoms with Crippen LogP contribution in [0.4, 0.5) is 18.3 Å². The molecule has 6 nitrogen and oxygen atoms in total. The Balaban J connectivity index is 1.73. The number of nitrogens with zero attached hydrogens (tertiary/aromatic N) is 1. The first kappa shape index (κ1) is 21.3. The maximum absolute atomic E-state index is 13.3. The molecular formula is C20H16F3N3O3S. The zero-order valence-corrected chi connectivity index (χ0v) is 16.4. The second-order valence-corrected chi connectivity index (χ2v) is 6.98. The number of hydrogen-bond acceptors (Lipinski definition) is 5. The zero-order valence-electron chi connectivity index (χ0n) is 15.6. The molecule has 0 aliphatic carbocycles. The number of aromatic nitrogens is 1. The van der Waals surface area contributed by atoms with Crippen molar-refractivity contribution >= 4 is 33.9 Å². The number of allylic oxidation sites excluding steroid dienone is 1. The lowest BCUT2D eigenvalue weighted by molar-refractivity contribution is -0.119. The van der Waals surface area contributed by atoms with Crippen molar-refractivity contribution in [3.63, 3.8) is 0 Å². The van der Waals surface area contributed by atoms with Crippen molar-refractivity contribution in [3.8, 4) is 11.5 Å². The van der Waals surface area contributed by atoms with E-state index in [0.29, 0.717) is 23.3 Å². The molecule has 0 bridgehead atoms. The predicted molar refractivity (Wildman–Crippen MR) is 106 cm³/mol. The van der Waals surface area contributed by atoms with Crippen molar-refractivity contribution in [3.05, 3.63) is 65.2 Å². The van der Waals surface area contributed by atoms with E-state index in [4.69, 9.17) is 4.42 Å². The molecule has 30 heavy (non-hydrogen) atoms. The van der Waals surface area contributed by atoms with E-state index in [2.05, 4.69) is 15.6 Å². The minimum atomic E-state index is -4.69. The van der Waals surface area contributed by atoms with Gasteiger partial charge in [0.1, 0.15) is 11.5 Å². The largest absolute Gasteiger partial charge is 0.458 e. The third-order valence-corrected chi connectivity index (χ3v) is 4.58. The molecule has 3 aromatic rings. The van der Waals surface area contributed by atoms with E-state index >= 15 is 0 Å². The van der Waals surface area contributed by atoms with Crippen molar-refractivity contribution in [2.45, 2.75) is 19.6 Å². The lowest BCUT2D eigenvalue weighted by atomic mass is 10.1. The fourth-order valence-corrected chi connectivity index (χ4v) is 3.19. The van der Waals surface area contributed by atoms with Crippen molar-refractivity contribution in [2.24, 2.45) is 0 Å². The van der Waals surface area contributed by atoms with Gasteiger partial charge in [0.05, 0.1) is 12.1 Å². The molecule has 0 saturated carbocycles. The highest BCUT2D eigenvalue weighted by atomic mass is 32.1. The molecule has 0 aliphatic rings. The van der Waals surface area contributed by atoms with Crippen molar-refractivity contribution in [1.29, 1.82) is 0 Å². The molecule has 0 radical (unpaired) electrons. The maximum Gasteiger partial charge on any atom is 0.417 e. The average molecular weight is 435 g/mol. The Labute approximate surface area is 173 Å². The van der Waals surface area contributed by atoms with Gasteiger partial charge in [0.15, 0.2) is 10.9 Å². The van der Waals surface area contributed by atoms with Crippen LogP contribution in [0.3, 0.4) is 0 Å². The van der Waals surface area contributed by atoms with Crippen LogP contribution in [0.5, 0.6) is 0 Å². The molecule has 1 aromatic carbocycles. The molecule has 0 atom stereocenters. The van der Waals surface area contributed by atoms with Crippen LogP contribution in [-0.2, 0) is 16.1 Å². The van der Waals surface area contributed by atoms with E-state index in [1.807, 2.05) is 0 Å². The van der Waals surface area contributed by atoms with Gasteiger partial charge in [-0.2, -0.15) is 13.2 Å². The van der Waals surface area contributed by atoms with Crippen molar-refractivity contribution in [1.82, 2.24) is 10.3 Å². The van der Waals surface area contributed by atoms with Crippen LogP contribution in [0.15, 0.2) is 58.3 Å². The minimum Gasteiger partial charge on any atom is -0.458 e. The zero-order chi connectivity index (χ0) is 21.7. The number of amides is 2. The van der Waals surface area contributed by atoms with Gasteiger partial charge in [-0.15, -0.1) is 11.3 Å². The van der Waals surface area contributed by atoms with Gasteiger partial charge in [-0.1, -0.05) is 30.3 Å². The first-order chi connectivity index (χ1) is 14.2. The third kappa shape index (κ3) is 5.57. The molecule has 0 unspecified atom stereocenters. The summed E-state index contributed by atoms with van der Waals surface area (Å²) in [5.41, 5.74) is -0.749. The quantitative estimate of drug-likeness (QED) is 0.554. The summed E-state index contributed by atoms with van der Waals surface area (Å²) in [7, 11) is 0. The Hall–Kier alpha value is -3.40. The van der Waals surface area contributed by atoms with E-state index < -0.39 is 17.7 Å². The SMILES string of the molecule is CC(=O)NCc1ccc(-c2csc(NC(=O)/C=C(/c3ccccc3)C(F)(F)F)n2)o1. The van der Waals surface area contributed by atoms with E-state index in [9.17, 15) is 22.8 Å². The van der Waals surface area contributed by atoms with Crippen LogP contribution in [0, 0.1) is 0 Å². The van der Waals surface area contributed by atoms with Gasteiger partial charge in [0, 0.05) is 18.4 Å². The molecular weight excluding hydrogens is 419 g/mol. The summed E-state index contributed by atoms with van der Waals surface area (Å²) in [6, 6.07) is 10.4. The molecule has 10 heteroatoms. The Morgan fingerprint density at radius 1 is 1.17 bits per heavy atom. The number of furan rings is 1. The fraction of sp³-hybridized carbons (Fsp3) is 0.150. The van der Waals surface area contributed by atoms with E-state index in [-0.39, 0.29) is 23.1 Å². The fourth-order valence-electron chi connectivity index (χ4n) is 2.49. The molecule has 3 rings (SSSR count). The Bertz CT molecular complexity index is 1070. The van der Waals surface area contributed by atoms with Gasteiger partial charge >= 0.3 is 6.18 Å². The number of carbonyl (C=O) groups is 2. The van der Waals surface area contributed by atoms with Crippen molar-refractivity contribution in [2.75, 3.05) is 5.32 Å². The molecule has 0 spiro atoms. The lowest BCUT2D eigenvalue weighted by Gasteiger charge is -2.11. The van der Waals surface area contributed by atoms with Crippen LogP contribution in [0.25, 0.3) is 17.0 Å². The average Bonchev–Trinajstić information content (AvgIpc) is 3.33. The smallest absolute Gasteiger partial charge is 0.417 e. The summed E-state index contributed by atoms with van der Waals surface area (Å²) in [6.45, 7) is 1.60. The molecule has 2 N–H and O–H groups in total. The molecule has 2 heterocycles. The first-order valence-corrected chi connectivity index (χ1v) is 9.54. The van der Waals surface area contributed by atoms with Gasteiger partial charge in [-0.25, -0.2) is 4.98 Å². The topological polar surface area (TPSA) is 84.2 Å². The molecule has 0 fully saturated rings. The maximum atomic E-state index is 13.3. The van der Waals surface area contributed by atoms with Gasteiger partial charge in [0.2, 0.25) is 5.91 Å². The van der Waals surface area contributed by atoms with Gasteiger partial charge in [-0.05, 0) is 17.7 Å². The van der Waals surface area contributed by atoms with Crippen molar-refractivity contribution < 1.29 is 27.2 Å². The lowest BCUT2D eigenvalue weighted by Crippen LogP contribution is -2.18. The molecule has 2 amide bonds. The number of nitrogens with one attached hydrogen (secondary N) is 2. The van der Waals surface area contributed by atoms with Gasteiger partial charge in [0.25, 0.3) is 5.91 Å². The number of thiazole rings is 1.